The van der Waals surface area contributed by atoms with Gasteiger partial charge in [0.05, 0.1) is 19.3 Å². The summed E-state index contributed by atoms with van der Waals surface area (Å²) >= 11 is 1.14. The molecule has 126 valence electrons. The molecule has 6 nitrogen and oxygen atoms in total. The van der Waals surface area contributed by atoms with Crippen molar-refractivity contribution in [2.24, 2.45) is 0 Å². The first-order valence-electron chi connectivity index (χ1n) is 7.42. The van der Waals surface area contributed by atoms with Gasteiger partial charge >= 0.3 is 0 Å². The number of hydrogen-bond donors (Lipinski definition) is 1. The second-order valence-electron chi connectivity index (χ2n) is 5.37. The largest absolute Gasteiger partial charge is 0.370 e. The molecule has 3 rings (SSSR count). The smallest absolute Gasteiger partial charge is 0.265 e. The minimum Gasteiger partial charge on any atom is -0.370 e. The zero-order chi connectivity index (χ0) is 17.1. The van der Waals surface area contributed by atoms with Gasteiger partial charge in [0.15, 0.2) is 5.13 Å². The lowest BCUT2D eigenvalue weighted by Gasteiger charge is -2.32. The molecule has 0 saturated carbocycles. The van der Waals surface area contributed by atoms with Crippen LogP contribution in [0.3, 0.4) is 0 Å². The van der Waals surface area contributed by atoms with Gasteiger partial charge in [0.1, 0.15) is 16.8 Å². The lowest BCUT2D eigenvalue weighted by atomic mass is 10.1. The normalized spacial score (nSPS) is 17.6. The van der Waals surface area contributed by atoms with Gasteiger partial charge in [-0.1, -0.05) is 23.5 Å². The number of morpholine rings is 1. The van der Waals surface area contributed by atoms with Gasteiger partial charge in [-0.15, -0.1) is 0 Å². The number of carbonyl (C=O) groups excluding carboxylic acids is 2. The second-order valence-corrected chi connectivity index (χ2v) is 6.40. The Morgan fingerprint density at radius 3 is 2.83 bits per heavy atom. The predicted octanol–water partition coefficient (Wildman–Crippen LogP) is 2.45. The number of carbonyl (C=O) groups is 2. The number of nitrogens with one attached hydrogen (secondary N) is 1. The molecule has 1 aliphatic heterocycles. The summed E-state index contributed by atoms with van der Waals surface area (Å²) in [6.07, 6.45) is 1.17. The predicted molar refractivity (Wildman–Crippen MR) is 87.4 cm³/mol. The number of benzene rings is 1. The lowest BCUT2D eigenvalue weighted by molar-refractivity contribution is -0.114. The van der Waals surface area contributed by atoms with Crippen LogP contribution in [0.4, 0.5) is 9.52 Å². The average molecular weight is 349 g/mol. The number of hydrogen-bond acceptors (Lipinski definition) is 5. The fraction of sp³-hybridized carbons (Fsp3) is 0.312. The van der Waals surface area contributed by atoms with Gasteiger partial charge in [0, 0.05) is 13.5 Å². The van der Waals surface area contributed by atoms with Crippen molar-refractivity contribution in [3.8, 4) is 0 Å². The molecule has 0 spiro atoms. The number of amides is 2. The van der Waals surface area contributed by atoms with Crippen molar-refractivity contribution in [2.45, 2.75) is 13.0 Å². The van der Waals surface area contributed by atoms with Crippen molar-refractivity contribution in [1.29, 1.82) is 0 Å². The van der Waals surface area contributed by atoms with E-state index in [1.807, 2.05) is 0 Å². The third-order valence-corrected chi connectivity index (χ3v) is 4.50. The van der Waals surface area contributed by atoms with Crippen LogP contribution in [0.1, 0.15) is 28.3 Å². The molecule has 2 amide bonds. The van der Waals surface area contributed by atoms with Crippen LogP contribution in [0.25, 0.3) is 0 Å². The molecule has 1 fully saturated rings. The molecule has 1 saturated heterocycles. The summed E-state index contributed by atoms with van der Waals surface area (Å²) in [7, 11) is 0. The number of aromatic nitrogens is 1. The third kappa shape index (κ3) is 3.77. The summed E-state index contributed by atoms with van der Waals surface area (Å²) in [5.74, 6) is -0.691. The van der Waals surface area contributed by atoms with E-state index in [9.17, 15) is 14.0 Å². The van der Waals surface area contributed by atoms with Crippen LogP contribution in [0.15, 0.2) is 30.5 Å². The minimum atomic E-state index is -0.308. The fourth-order valence-electron chi connectivity index (χ4n) is 2.45. The first-order chi connectivity index (χ1) is 11.5. The molecular formula is C16H16FN3O3S. The van der Waals surface area contributed by atoms with E-state index in [0.29, 0.717) is 29.7 Å². The Morgan fingerprint density at radius 1 is 1.38 bits per heavy atom. The minimum absolute atomic E-state index is 0.153. The molecular weight excluding hydrogens is 333 g/mol. The maximum atomic E-state index is 13.0. The lowest BCUT2D eigenvalue weighted by Crippen LogP contribution is -2.42. The monoisotopic (exact) mass is 349 g/mol. The standard InChI is InChI=1S/C16H16FN3O3S/c1-10(21)19-16-18-8-14(24-16)15(22)20-6-7-23-13(9-20)11-2-4-12(17)5-3-11/h2-5,8,13H,6-7,9H2,1H3,(H,18,19,21). The molecule has 8 heteroatoms. The number of nitrogens with zero attached hydrogens (tertiary/aromatic N) is 2. The average Bonchev–Trinajstić information content (AvgIpc) is 3.02. The van der Waals surface area contributed by atoms with Gasteiger partial charge in [-0.25, -0.2) is 9.37 Å². The molecule has 1 aromatic heterocycles. The van der Waals surface area contributed by atoms with Gasteiger partial charge in [0.2, 0.25) is 5.91 Å². The molecule has 1 aliphatic rings. The maximum absolute atomic E-state index is 13.0. The van der Waals surface area contributed by atoms with Crippen LogP contribution in [-0.4, -0.2) is 41.4 Å². The highest BCUT2D eigenvalue weighted by Crippen LogP contribution is 2.25. The van der Waals surface area contributed by atoms with Gasteiger partial charge in [-0.05, 0) is 17.7 Å². The molecule has 2 heterocycles. The van der Waals surface area contributed by atoms with E-state index in [4.69, 9.17) is 4.74 Å². The summed E-state index contributed by atoms with van der Waals surface area (Å²) in [6.45, 7) is 2.66. The number of rotatable bonds is 3. The Morgan fingerprint density at radius 2 is 2.12 bits per heavy atom. The van der Waals surface area contributed by atoms with Crippen LogP contribution in [-0.2, 0) is 9.53 Å². The van der Waals surface area contributed by atoms with E-state index in [1.54, 1.807) is 17.0 Å². The molecule has 1 N–H and O–H groups in total. The topological polar surface area (TPSA) is 71.5 Å². The highest BCUT2D eigenvalue weighted by molar-refractivity contribution is 7.17. The number of thiazole rings is 1. The Labute approximate surface area is 142 Å². The summed E-state index contributed by atoms with van der Waals surface area (Å²) in [6, 6.07) is 6.08. The molecule has 1 aromatic carbocycles. The van der Waals surface area contributed by atoms with Crippen molar-refractivity contribution in [3.05, 3.63) is 46.7 Å². The van der Waals surface area contributed by atoms with Crippen molar-refractivity contribution in [2.75, 3.05) is 25.0 Å². The highest BCUT2D eigenvalue weighted by atomic mass is 32.1. The number of halogens is 1. The third-order valence-electron chi connectivity index (χ3n) is 3.59. The quantitative estimate of drug-likeness (QED) is 0.924. The maximum Gasteiger partial charge on any atom is 0.265 e. The molecule has 0 bridgehead atoms. The van der Waals surface area contributed by atoms with Gasteiger partial charge in [0.25, 0.3) is 5.91 Å². The van der Waals surface area contributed by atoms with Crippen molar-refractivity contribution in [1.82, 2.24) is 9.88 Å². The summed E-state index contributed by atoms with van der Waals surface area (Å²) in [5.41, 5.74) is 0.831. The van der Waals surface area contributed by atoms with E-state index in [2.05, 4.69) is 10.3 Å². The van der Waals surface area contributed by atoms with Crippen LogP contribution in [0.5, 0.6) is 0 Å². The van der Waals surface area contributed by atoms with E-state index in [1.165, 1.54) is 25.3 Å². The Hall–Kier alpha value is -2.32. The van der Waals surface area contributed by atoms with Gasteiger partial charge in [-0.2, -0.15) is 0 Å². The second kappa shape index (κ2) is 7.06. The first-order valence-corrected chi connectivity index (χ1v) is 8.24. The fourth-order valence-corrected chi connectivity index (χ4v) is 3.28. The van der Waals surface area contributed by atoms with Gasteiger partial charge < -0.3 is 15.0 Å². The van der Waals surface area contributed by atoms with Crippen LogP contribution >= 0.6 is 11.3 Å². The molecule has 24 heavy (non-hydrogen) atoms. The molecule has 0 aliphatic carbocycles. The SMILES string of the molecule is CC(=O)Nc1ncc(C(=O)N2CCOC(c3ccc(F)cc3)C2)s1. The summed E-state index contributed by atoms with van der Waals surface area (Å²) in [4.78, 5) is 29.8. The zero-order valence-electron chi connectivity index (χ0n) is 13.0. The van der Waals surface area contributed by atoms with Crippen LogP contribution < -0.4 is 5.32 Å². The summed E-state index contributed by atoms with van der Waals surface area (Å²) < 4.78 is 18.7. The van der Waals surface area contributed by atoms with Crippen molar-refractivity contribution >= 4 is 28.3 Å². The first kappa shape index (κ1) is 16.5. The van der Waals surface area contributed by atoms with E-state index < -0.39 is 0 Å². The molecule has 1 atom stereocenters. The van der Waals surface area contributed by atoms with Crippen molar-refractivity contribution in [3.63, 3.8) is 0 Å². The Bertz CT molecular complexity index is 747. The van der Waals surface area contributed by atoms with E-state index in [0.717, 1.165) is 16.9 Å². The molecule has 1 unspecified atom stereocenters. The van der Waals surface area contributed by atoms with Crippen LogP contribution in [0, 0.1) is 5.82 Å². The summed E-state index contributed by atoms with van der Waals surface area (Å²) in [5, 5.41) is 2.96. The molecule has 2 aromatic rings. The Balaban J connectivity index is 1.69. The number of ether oxygens (including phenoxy) is 1. The Kier molecular flexibility index (Phi) is 4.86. The van der Waals surface area contributed by atoms with Crippen LogP contribution in [0.2, 0.25) is 0 Å². The van der Waals surface area contributed by atoms with E-state index in [-0.39, 0.29) is 23.7 Å². The zero-order valence-corrected chi connectivity index (χ0v) is 13.8. The van der Waals surface area contributed by atoms with E-state index >= 15 is 0 Å². The van der Waals surface area contributed by atoms with Crippen molar-refractivity contribution < 1.29 is 18.7 Å². The number of anilines is 1. The highest BCUT2D eigenvalue weighted by Gasteiger charge is 2.27. The van der Waals surface area contributed by atoms with Gasteiger partial charge in [-0.3, -0.25) is 9.59 Å². The molecule has 0 radical (unpaired) electrons.